The minimum Gasteiger partial charge on any atom is -0.507 e. The van der Waals surface area contributed by atoms with Crippen LogP contribution in [-0.2, 0) is 9.59 Å². The van der Waals surface area contributed by atoms with E-state index in [9.17, 15) is 14.7 Å². The van der Waals surface area contributed by atoms with Gasteiger partial charge in [0.2, 0.25) is 0 Å². The van der Waals surface area contributed by atoms with Crippen LogP contribution in [0.1, 0.15) is 22.7 Å². The number of nitrogens with zero attached hydrogens (tertiary/aromatic N) is 2. The lowest BCUT2D eigenvalue weighted by Gasteiger charge is -2.27. The van der Waals surface area contributed by atoms with Crippen LogP contribution < -0.4 is 14.5 Å². The Labute approximate surface area is 193 Å². The summed E-state index contributed by atoms with van der Waals surface area (Å²) < 4.78 is 5.19. The molecule has 1 aliphatic rings. The van der Waals surface area contributed by atoms with Crippen molar-refractivity contribution in [1.82, 2.24) is 0 Å². The first kappa shape index (κ1) is 22.1. The molecule has 0 aliphatic carbocycles. The number of aliphatic hydroxyl groups excluding tert-OH is 1. The van der Waals surface area contributed by atoms with Gasteiger partial charge in [-0.15, -0.1) is 0 Å². The summed E-state index contributed by atoms with van der Waals surface area (Å²) in [6, 6.07) is 21.0. The summed E-state index contributed by atoms with van der Waals surface area (Å²) in [4.78, 5) is 30.0. The molecule has 3 aromatic rings. The second-order valence-electron chi connectivity index (χ2n) is 8.17. The molecule has 1 aliphatic heterocycles. The fourth-order valence-electron chi connectivity index (χ4n) is 4.10. The van der Waals surface area contributed by atoms with Gasteiger partial charge in [0.1, 0.15) is 11.5 Å². The Morgan fingerprint density at radius 1 is 0.939 bits per heavy atom. The monoisotopic (exact) mass is 442 g/mol. The topological polar surface area (TPSA) is 70.1 Å². The van der Waals surface area contributed by atoms with Gasteiger partial charge in [-0.2, -0.15) is 0 Å². The summed E-state index contributed by atoms with van der Waals surface area (Å²) in [7, 11) is 5.42. The fraction of sp³-hybridized carbons (Fsp3) is 0.185. The highest BCUT2D eigenvalue weighted by atomic mass is 16.5. The zero-order chi connectivity index (χ0) is 23.7. The third-order valence-electron chi connectivity index (χ3n) is 5.94. The van der Waals surface area contributed by atoms with E-state index in [1.165, 1.54) is 4.90 Å². The Morgan fingerprint density at radius 2 is 1.58 bits per heavy atom. The Kier molecular flexibility index (Phi) is 5.92. The minimum atomic E-state index is -0.751. The van der Waals surface area contributed by atoms with Crippen molar-refractivity contribution in [3.8, 4) is 5.75 Å². The van der Waals surface area contributed by atoms with Crippen LogP contribution in [0.25, 0.3) is 5.76 Å². The summed E-state index contributed by atoms with van der Waals surface area (Å²) in [6.45, 7) is 1.93. The second kappa shape index (κ2) is 8.82. The number of hydrogen-bond acceptors (Lipinski definition) is 5. The van der Waals surface area contributed by atoms with Crippen LogP contribution >= 0.6 is 0 Å². The molecular weight excluding hydrogens is 416 g/mol. The maximum atomic E-state index is 13.3. The predicted octanol–water partition coefficient (Wildman–Crippen LogP) is 4.70. The van der Waals surface area contributed by atoms with Crippen molar-refractivity contribution >= 4 is 28.8 Å². The van der Waals surface area contributed by atoms with E-state index in [1.54, 1.807) is 31.4 Å². The fourth-order valence-corrected chi connectivity index (χ4v) is 4.10. The molecule has 1 unspecified atom stereocenters. The van der Waals surface area contributed by atoms with Gasteiger partial charge in [0.05, 0.1) is 18.7 Å². The number of methoxy groups -OCH3 is 1. The van der Waals surface area contributed by atoms with Crippen LogP contribution in [0.4, 0.5) is 11.4 Å². The average molecular weight is 443 g/mol. The van der Waals surface area contributed by atoms with Gasteiger partial charge in [-0.1, -0.05) is 24.3 Å². The number of anilines is 2. The first-order chi connectivity index (χ1) is 15.8. The maximum absolute atomic E-state index is 13.3. The number of carbonyl (C=O) groups excluding carboxylic acids is 2. The molecule has 0 saturated carbocycles. The van der Waals surface area contributed by atoms with E-state index in [1.807, 2.05) is 74.4 Å². The number of aliphatic hydroxyl groups is 1. The number of amides is 1. The SMILES string of the molecule is COc1ccc(/C(O)=C2\C(=O)C(=O)N(c3ccc(N(C)C)cc3)C2c2ccccc2C)cc1. The van der Waals surface area contributed by atoms with Gasteiger partial charge >= 0.3 is 0 Å². The zero-order valence-electron chi connectivity index (χ0n) is 19.1. The normalized spacial score (nSPS) is 17.3. The lowest BCUT2D eigenvalue weighted by molar-refractivity contribution is -0.132. The van der Waals surface area contributed by atoms with Crippen molar-refractivity contribution < 1.29 is 19.4 Å². The molecule has 6 nitrogen and oxygen atoms in total. The van der Waals surface area contributed by atoms with Crippen LogP contribution in [0.5, 0.6) is 5.75 Å². The third kappa shape index (κ3) is 3.96. The molecule has 1 heterocycles. The highest BCUT2D eigenvalue weighted by Gasteiger charge is 2.47. The zero-order valence-corrected chi connectivity index (χ0v) is 19.1. The molecule has 1 N–H and O–H groups in total. The third-order valence-corrected chi connectivity index (χ3v) is 5.94. The van der Waals surface area contributed by atoms with Crippen molar-refractivity contribution in [2.24, 2.45) is 0 Å². The number of benzene rings is 3. The quantitative estimate of drug-likeness (QED) is 0.353. The molecule has 33 heavy (non-hydrogen) atoms. The Balaban J connectivity index is 1.91. The van der Waals surface area contributed by atoms with Gasteiger partial charge in [-0.3, -0.25) is 14.5 Å². The number of rotatable bonds is 5. The lowest BCUT2D eigenvalue weighted by atomic mass is 9.92. The largest absolute Gasteiger partial charge is 0.507 e. The maximum Gasteiger partial charge on any atom is 0.300 e. The molecule has 1 fully saturated rings. The van der Waals surface area contributed by atoms with Crippen molar-refractivity contribution in [3.63, 3.8) is 0 Å². The van der Waals surface area contributed by atoms with Crippen molar-refractivity contribution in [2.75, 3.05) is 31.0 Å². The van der Waals surface area contributed by atoms with E-state index >= 15 is 0 Å². The molecule has 168 valence electrons. The average Bonchev–Trinajstić information content (AvgIpc) is 3.09. The summed E-state index contributed by atoms with van der Waals surface area (Å²) in [5.74, 6) is -0.968. The summed E-state index contributed by atoms with van der Waals surface area (Å²) in [5, 5.41) is 11.2. The standard InChI is InChI=1S/C27H26N2O4/c1-17-7-5-6-8-22(17)24-23(25(30)18-9-15-21(33-4)16-10-18)26(31)27(32)29(24)20-13-11-19(12-14-20)28(2)3/h5-16,24,30H,1-4H3/b25-23+. The number of aryl methyl sites for hydroxylation is 1. The number of ketones is 1. The van der Waals surface area contributed by atoms with Crippen LogP contribution in [0.2, 0.25) is 0 Å². The van der Waals surface area contributed by atoms with Gasteiger partial charge in [0.15, 0.2) is 0 Å². The van der Waals surface area contributed by atoms with Gasteiger partial charge in [-0.25, -0.2) is 0 Å². The van der Waals surface area contributed by atoms with Crippen LogP contribution in [-0.4, -0.2) is 38.0 Å². The number of ether oxygens (including phenoxy) is 1. The number of Topliss-reactive ketones (excluding diaryl/α,β-unsaturated/α-hetero) is 1. The molecule has 0 bridgehead atoms. The molecule has 1 saturated heterocycles. The van der Waals surface area contributed by atoms with Crippen LogP contribution in [0, 0.1) is 6.92 Å². The molecule has 0 radical (unpaired) electrons. The Hall–Kier alpha value is -4.06. The minimum absolute atomic E-state index is 0.0659. The molecule has 0 aromatic heterocycles. The predicted molar refractivity (Wildman–Crippen MR) is 130 cm³/mol. The Bertz CT molecular complexity index is 1230. The van der Waals surface area contributed by atoms with Gasteiger partial charge in [0, 0.05) is 31.0 Å². The van der Waals surface area contributed by atoms with Crippen molar-refractivity contribution in [2.45, 2.75) is 13.0 Å². The molecule has 1 atom stereocenters. The molecule has 6 heteroatoms. The van der Waals surface area contributed by atoms with Gasteiger partial charge in [-0.05, 0) is 66.6 Å². The first-order valence-corrected chi connectivity index (χ1v) is 10.6. The summed E-state index contributed by atoms with van der Waals surface area (Å²) in [6.07, 6.45) is 0. The molecule has 1 amide bonds. The lowest BCUT2D eigenvalue weighted by Crippen LogP contribution is -2.29. The number of hydrogen-bond donors (Lipinski definition) is 1. The smallest absolute Gasteiger partial charge is 0.300 e. The van der Waals surface area contributed by atoms with E-state index in [4.69, 9.17) is 4.74 Å². The van der Waals surface area contributed by atoms with Crippen LogP contribution in [0.15, 0.2) is 78.4 Å². The van der Waals surface area contributed by atoms with Crippen molar-refractivity contribution in [3.05, 3.63) is 95.1 Å². The highest BCUT2D eigenvalue weighted by molar-refractivity contribution is 6.51. The van der Waals surface area contributed by atoms with Gasteiger partial charge in [0.25, 0.3) is 11.7 Å². The number of carbonyl (C=O) groups is 2. The molecule has 0 spiro atoms. The van der Waals surface area contributed by atoms with Crippen LogP contribution in [0.3, 0.4) is 0 Å². The van der Waals surface area contributed by atoms with Crippen molar-refractivity contribution in [1.29, 1.82) is 0 Å². The summed E-state index contributed by atoms with van der Waals surface area (Å²) >= 11 is 0. The second-order valence-corrected chi connectivity index (χ2v) is 8.17. The van der Waals surface area contributed by atoms with E-state index in [0.29, 0.717) is 17.0 Å². The van der Waals surface area contributed by atoms with Gasteiger partial charge < -0.3 is 14.7 Å². The first-order valence-electron chi connectivity index (χ1n) is 10.6. The Morgan fingerprint density at radius 3 is 2.15 bits per heavy atom. The van der Waals surface area contributed by atoms with E-state index in [0.717, 1.165) is 16.8 Å². The highest BCUT2D eigenvalue weighted by Crippen LogP contribution is 2.43. The van der Waals surface area contributed by atoms with E-state index < -0.39 is 17.7 Å². The molecule has 3 aromatic carbocycles. The van der Waals surface area contributed by atoms with E-state index in [2.05, 4.69) is 0 Å². The summed E-state index contributed by atoms with van der Waals surface area (Å²) in [5.41, 5.74) is 3.76. The molecule has 4 rings (SSSR count). The van der Waals surface area contributed by atoms with E-state index in [-0.39, 0.29) is 11.3 Å². The molecular formula is C27H26N2O4.